The fourth-order valence-corrected chi connectivity index (χ4v) is 6.39. The van der Waals surface area contributed by atoms with E-state index in [1.807, 2.05) is 43.3 Å². The molecular formula is C22H28INO3SSi. The largest absolute Gasteiger partial charge is 0.411 e. The average Bonchev–Trinajstić information content (AvgIpc) is 2.92. The Balaban J connectivity index is 2.18. The highest BCUT2D eigenvalue weighted by Gasteiger charge is 2.38. The molecular weight excluding hydrogens is 513 g/mol. The molecule has 0 saturated carbocycles. The number of para-hydroxylation sites is 1. The number of aromatic nitrogens is 1. The van der Waals surface area contributed by atoms with Crippen molar-refractivity contribution < 1.29 is 12.8 Å². The summed E-state index contributed by atoms with van der Waals surface area (Å²) in [4.78, 5) is 0.286. The van der Waals surface area contributed by atoms with Crippen LogP contribution >= 0.6 is 22.6 Å². The van der Waals surface area contributed by atoms with Gasteiger partial charge in [0.1, 0.15) is 0 Å². The molecule has 156 valence electrons. The van der Waals surface area contributed by atoms with Crippen LogP contribution in [0.25, 0.3) is 10.9 Å². The third-order valence-electron chi connectivity index (χ3n) is 5.79. The van der Waals surface area contributed by atoms with Crippen molar-refractivity contribution in [1.82, 2.24) is 3.97 Å². The van der Waals surface area contributed by atoms with Crippen molar-refractivity contribution in [2.24, 2.45) is 0 Å². The molecule has 0 atom stereocenters. The first kappa shape index (κ1) is 22.5. The fraction of sp³-hybridized carbons (Fsp3) is 0.364. The fourth-order valence-electron chi connectivity index (χ4n) is 2.90. The maximum absolute atomic E-state index is 13.6. The van der Waals surface area contributed by atoms with Gasteiger partial charge in [-0.15, -0.1) is 0 Å². The van der Waals surface area contributed by atoms with Crippen LogP contribution in [0.5, 0.6) is 0 Å². The first-order valence-corrected chi connectivity index (χ1v) is 15.0. The van der Waals surface area contributed by atoms with Crippen molar-refractivity contribution in [1.29, 1.82) is 0 Å². The summed E-state index contributed by atoms with van der Waals surface area (Å²) in [6.45, 7) is 13.1. The number of benzene rings is 2. The van der Waals surface area contributed by atoms with Crippen molar-refractivity contribution in [3.05, 3.63) is 63.4 Å². The molecule has 3 aromatic rings. The molecule has 3 rings (SSSR count). The van der Waals surface area contributed by atoms with Crippen LogP contribution in [0.2, 0.25) is 18.1 Å². The van der Waals surface area contributed by atoms with Gasteiger partial charge in [-0.1, -0.05) is 56.7 Å². The van der Waals surface area contributed by atoms with Gasteiger partial charge in [0.2, 0.25) is 0 Å². The lowest BCUT2D eigenvalue weighted by atomic mass is 10.2. The van der Waals surface area contributed by atoms with Gasteiger partial charge < -0.3 is 4.43 Å². The summed E-state index contributed by atoms with van der Waals surface area (Å²) in [7, 11) is -5.79. The van der Waals surface area contributed by atoms with E-state index in [-0.39, 0.29) is 16.5 Å². The Morgan fingerprint density at radius 2 is 1.62 bits per heavy atom. The van der Waals surface area contributed by atoms with Crippen LogP contribution in [0.3, 0.4) is 0 Å². The van der Waals surface area contributed by atoms with Crippen LogP contribution in [0.15, 0.2) is 53.4 Å². The summed E-state index contributed by atoms with van der Waals surface area (Å²) >= 11 is 2.25. The second kappa shape index (κ2) is 7.83. The smallest absolute Gasteiger partial charge is 0.268 e. The van der Waals surface area contributed by atoms with Crippen LogP contribution in [0.1, 0.15) is 32.0 Å². The number of hydrogen-bond donors (Lipinski definition) is 0. The zero-order valence-electron chi connectivity index (χ0n) is 17.8. The molecule has 0 N–H and O–H groups in total. The Hall–Kier alpha value is -1.16. The summed E-state index contributed by atoms with van der Waals surface area (Å²) in [6, 6.07) is 14.6. The summed E-state index contributed by atoms with van der Waals surface area (Å²) in [5.74, 6) is 0. The second-order valence-electron chi connectivity index (χ2n) is 8.91. The van der Waals surface area contributed by atoms with Gasteiger partial charge in [-0.2, -0.15) is 0 Å². The Morgan fingerprint density at radius 1 is 1.03 bits per heavy atom. The van der Waals surface area contributed by atoms with Gasteiger partial charge in [0.05, 0.1) is 22.7 Å². The normalized spacial score (nSPS) is 13.2. The molecule has 0 unspecified atom stereocenters. The van der Waals surface area contributed by atoms with Crippen LogP contribution in [-0.2, 0) is 21.1 Å². The van der Waals surface area contributed by atoms with Gasteiger partial charge in [0, 0.05) is 8.96 Å². The highest BCUT2D eigenvalue weighted by molar-refractivity contribution is 14.1. The van der Waals surface area contributed by atoms with E-state index < -0.39 is 18.3 Å². The van der Waals surface area contributed by atoms with Gasteiger partial charge in [0.15, 0.2) is 8.32 Å². The van der Waals surface area contributed by atoms with E-state index in [1.54, 1.807) is 12.1 Å². The molecule has 0 saturated heterocycles. The van der Waals surface area contributed by atoms with Crippen LogP contribution in [0.4, 0.5) is 0 Å². The molecule has 0 fully saturated rings. The Labute approximate surface area is 188 Å². The van der Waals surface area contributed by atoms with Crippen LogP contribution in [-0.4, -0.2) is 20.7 Å². The van der Waals surface area contributed by atoms with Crippen molar-refractivity contribution in [2.45, 2.75) is 57.3 Å². The van der Waals surface area contributed by atoms with E-state index in [1.165, 1.54) is 3.97 Å². The summed E-state index contributed by atoms with van der Waals surface area (Å²) in [6.07, 6.45) is 0. The minimum atomic E-state index is -3.75. The summed E-state index contributed by atoms with van der Waals surface area (Å²) < 4.78 is 36.1. The van der Waals surface area contributed by atoms with E-state index in [0.29, 0.717) is 11.2 Å². The van der Waals surface area contributed by atoms with Crippen molar-refractivity contribution in [3.63, 3.8) is 0 Å². The third-order valence-corrected chi connectivity index (χ3v) is 13.2. The molecule has 0 amide bonds. The van der Waals surface area contributed by atoms with Crippen molar-refractivity contribution in [3.8, 4) is 0 Å². The molecule has 1 heterocycles. The lowest BCUT2D eigenvalue weighted by Gasteiger charge is -2.36. The van der Waals surface area contributed by atoms with E-state index in [0.717, 1.165) is 14.5 Å². The van der Waals surface area contributed by atoms with Crippen LogP contribution < -0.4 is 0 Å². The SMILES string of the molecule is Cc1ccc(S(=O)(=O)n2c(CO[Si](C)(C)C(C)(C)C)c(I)c3ccccc32)cc1. The predicted octanol–water partition coefficient (Wildman–Crippen LogP) is 6.31. The topological polar surface area (TPSA) is 48.3 Å². The van der Waals surface area contributed by atoms with Crippen molar-refractivity contribution >= 4 is 51.8 Å². The maximum Gasteiger partial charge on any atom is 0.268 e. The number of aryl methyl sites for hydroxylation is 1. The third kappa shape index (κ3) is 4.19. The zero-order chi connectivity index (χ0) is 21.6. The maximum atomic E-state index is 13.6. The molecule has 0 aliphatic rings. The number of halogens is 1. The molecule has 2 aromatic carbocycles. The number of hydrogen-bond acceptors (Lipinski definition) is 3. The van der Waals surface area contributed by atoms with E-state index in [4.69, 9.17) is 4.43 Å². The molecule has 4 nitrogen and oxygen atoms in total. The summed E-state index contributed by atoms with van der Waals surface area (Å²) in [5, 5.41) is 0.975. The highest BCUT2D eigenvalue weighted by atomic mass is 127. The highest BCUT2D eigenvalue weighted by Crippen LogP contribution is 2.38. The Bertz CT molecular complexity index is 1140. The van der Waals surface area contributed by atoms with E-state index >= 15 is 0 Å². The average molecular weight is 542 g/mol. The standard InChI is InChI=1S/C22H28INO3SSi/c1-16-11-13-17(14-12-16)28(25,26)24-19-10-8-7-9-18(19)21(23)20(24)15-27-29(5,6)22(2,3)4/h7-14H,15H2,1-6H3. The molecule has 0 aliphatic carbocycles. The van der Waals surface area contributed by atoms with E-state index in [2.05, 4.69) is 56.5 Å². The van der Waals surface area contributed by atoms with Gasteiger partial charge in [-0.3, -0.25) is 0 Å². The minimum Gasteiger partial charge on any atom is -0.411 e. The zero-order valence-corrected chi connectivity index (χ0v) is 21.8. The quantitative estimate of drug-likeness (QED) is 0.281. The molecule has 7 heteroatoms. The van der Waals surface area contributed by atoms with Gasteiger partial charge in [-0.25, -0.2) is 12.4 Å². The molecule has 0 spiro atoms. The Kier molecular flexibility index (Phi) is 6.08. The Morgan fingerprint density at radius 3 is 2.21 bits per heavy atom. The monoisotopic (exact) mass is 541 g/mol. The second-order valence-corrected chi connectivity index (χ2v) is 16.6. The lowest BCUT2D eigenvalue weighted by molar-refractivity contribution is 0.270. The number of rotatable bonds is 5. The number of nitrogens with zero attached hydrogens (tertiary/aromatic N) is 1. The molecule has 29 heavy (non-hydrogen) atoms. The first-order chi connectivity index (χ1) is 13.4. The van der Waals surface area contributed by atoms with Gasteiger partial charge in [-0.05, 0) is 65.8 Å². The van der Waals surface area contributed by atoms with Crippen LogP contribution in [0, 0.1) is 10.5 Å². The lowest BCUT2D eigenvalue weighted by Crippen LogP contribution is -2.40. The van der Waals surface area contributed by atoms with Gasteiger partial charge >= 0.3 is 0 Å². The number of fused-ring (bicyclic) bond motifs is 1. The minimum absolute atomic E-state index is 0.0467. The van der Waals surface area contributed by atoms with E-state index in [9.17, 15) is 8.42 Å². The van der Waals surface area contributed by atoms with Crippen molar-refractivity contribution in [2.75, 3.05) is 0 Å². The predicted molar refractivity (Wildman–Crippen MR) is 130 cm³/mol. The van der Waals surface area contributed by atoms with Gasteiger partial charge in [0.25, 0.3) is 10.0 Å². The molecule has 1 aromatic heterocycles. The summed E-state index contributed by atoms with van der Waals surface area (Å²) in [5.41, 5.74) is 2.40. The molecule has 0 aliphatic heterocycles. The molecule has 0 bridgehead atoms. The molecule has 0 radical (unpaired) electrons. The first-order valence-electron chi connectivity index (χ1n) is 9.60.